The molecule has 0 aliphatic carbocycles. The topological polar surface area (TPSA) is 41.5 Å². The van der Waals surface area contributed by atoms with Gasteiger partial charge in [-0.25, -0.2) is 0 Å². The Morgan fingerprint density at radius 2 is 2.33 bits per heavy atom. The van der Waals surface area contributed by atoms with Crippen LogP contribution in [-0.4, -0.2) is 19.5 Å². The third kappa shape index (κ3) is 3.46. The number of aldehydes is 1. The Morgan fingerprint density at radius 3 is 2.67 bits per heavy atom. The van der Waals surface area contributed by atoms with Crippen LogP contribution >= 0.6 is 0 Å². The Bertz CT molecular complexity index is 138. The van der Waals surface area contributed by atoms with Crippen molar-refractivity contribution in [3.63, 3.8) is 0 Å². The lowest BCUT2D eigenvalue weighted by Crippen LogP contribution is -1.95. The molecule has 0 rings (SSSR count). The molecular formula is C6H10N2O. The van der Waals surface area contributed by atoms with E-state index < -0.39 is 0 Å². The van der Waals surface area contributed by atoms with E-state index in [1.807, 2.05) is 0 Å². The first-order chi connectivity index (χ1) is 4.35. The van der Waals surface area contributed by atoms with E-state index in [2.05, 4.69) is 10.5 Å². The van der Waals surface area contributed by atoms with E-state index in [-0.39, 0.29) is 0 Å². The van der Waals surface area contributed by atoms with E-state index in [0.717, 1.165) is 6.29 Å². The Labute approximate surface area is 54.5 Å². The Morgan fingerprint density at radius 1 is 1.67 bits per heavy atom. The molecule has 9 heavy (non-hydrogen) atoms. The Hall–Kier alpha value is -1.12. The summed E-state index contributed by atoms with van der Waals surface area (Å²) in [5.41, 5.74) is 3.11. The van der Waals surface area contributed by atoms with Crippen LogP contribution in [0.4, 0.5) is 0 Å². The van der Waals surface area contributed by atoms with Gasteiger partial charge in [0.05, 0.1) is 6.21 Å². The average Bonchev–Trinajstić information content (AvgIpc) is 1.91. The number of nitrogens with one attached hydrogen (secondary N) is 1. The zero-order chi connectivity index (χ0) is 7.11. The molecule has 3 heteroatoms. The van der Waals surface area contributed by atoms with Crippen molar-refractivity contribution >= 4 is 12.5 Å². The van der Waals surface area contributed by atoms with Gasteiger partial charge in [0.1, 0.15) is 0 Å². The van der Waals surface area contributed by atoms with E-state index in [9.17, 15) is 4.79 Å². The highest BCUT2D eigenvalue weighted by Gasteiger charge is 1.82. The lowest BCUT2D eigenvalue weighted by Gasteiger charge is -1.85. The highest BCUT2D eigenvalue weighted by molar-refractivity contribution is 6.01. The second kappa shape index (κ2) is 5.03. The molecule has 0 radical (unpaired) electrons. The van der Waals surface area contributed by atoms with Crippen molar-refractivity contribution in [3.05, 3.63) is 11.6 Å². The van der Waals surface area contributed by atoms with Crippen LogP contribution in [0.25, 0.3) is 0 Å². The zero-order valence-corrected chi connectivity index (χ0v) is 5.59. The molecule has 0 bridgehead atoms. The second-order valence-electron chi connectivity index (χ2n) is 1.39. The molecule has 0 aromatic heterocycles. The molecule has 50 valence electrons. The van der Waals surface area contributed by atoms with Crippen molar-refractivity contribution in [3.8, 4) is 0 Å². The van der Waals surface area contributed by atoms with Crippen LogP contribution in [0.5, 0.6) is 0 Å². The maximum atomic E-state index is 10.1. The summed E-state index contributed by atoms with van der Waals surface area (Å²) in [5, 5.41) is 3.64. The van der Waals surface area contributed by atoms with E-state index in [1.54, 1.807) is 20.0 Å². The van der Waals surface area contributed by atoms with Crippen LogP contribution in [0, 0.1) is 0 Å². The minimum absolute atomic E-state index is 0.573. The lowest BCUT2D eigenvalue weighted by molar-refractivity contribution is -0.104. The zero-order valence-electron chi connectivity index (χ0n) is 5.59. The molecule has 0 unspecified atom stereocenters. The Kier molecular flexibility index (Phi) is 4.40. The van der Waals surface area contributed by atoms with E-state index in [4.69, 9.17) is 0 Å². The molecule has 0 aliphatic heterocycles. The minimum atomic E-state index is 0.573. The highest BCUT2D eigenvalue weighted by atomic mass is 16.1. The van der Waals surface area contributed by atoms with Gasteiger partial charge in [0.2, 0.25) is 0 Å². The van der Waals surface area contributed by atoms with Gasteiger partial charge in [0, 0.05) is 12.6 Å². The maximum Gasteiger partial charge on any atom is 0.151 e. The van der Waals surface area contributed by atoms with Gasteiger partial charge in [-0.3, -0.25) is 4.79 Å². The molecular weight excluding hydrogens is 116 g/mol. The summed E-state index contributed by atoms with van der Waals surface area (Å²) in [7, 11) is 1.68. The summed E-state index contributed by atoms with van der Waals surface area (Å²) in [5.74, 6) is 0. The molecule has 0 aromatic carbocycles. The summed E-state index contributed by atoms with van der Waals surface area (Å²) >= 11 is 0. The molecule has 3 nitrogen and oxygen atoms in total. The third-order valence-corrected chi connectivity index (χ3v) is 0.812. The van der Waals surface area contributed by atoms with Crippen molar-refractivity contribution < 1.29 is 4.79 Å². The van der Waals surface area contributed by atoms with E-state index >= 15 is 0 Å². The summed E-state index contributed by atoms with van der Waals surface area (Å²) in [6.45, 7) is 1.78. The van der Waals surface area contributed by atoms with Gasteiger partial charge < -0.3 is 5.43 Å². The number of rotatable bonds is 3. The molecule has 0 aromatic rings. The van der Waals surface area contributed by atoms with Crippen molar-refractivity contribution in [2.45, 2.75) is 6.92 Å². The molecule has 0 saturated carbocycles. The predicted octanol–water partition coefficient (Wildman–Crippen LogP) is 0.337. The van der Waals surface area contributed by atoms with E-state index in [1.165, 1.54) is 6.21 Å². The molecule has 1 N–H and O–H groups in total. The van der Waals surface area contributed by atoms with Crippen molar-refractivity contribution in [1.29, 1.82) is 0 Å². The van der Waals surface area contributed by atoms with Gasteiger partial charge in [-0.1, -0.05) is 6.08 Å². The fraction of sp³-hybridized carbons (Fsp3) is 0.333. The second-order valence-corrected chi connectivity index (χ2v) is 1.39. The van der Waals surface area contributed by atoms with Crippen LogP contribution in [0.3, 0.4) is 0 Å². The standard InChI is InChI=1S/C6H10N2O/c1-3-6(5-9)4-8-7-2/h3-5,7H,1-2H3/b6-3+,8-4-. The summed E-state index contributed by atoms with van der Waals surface area (Å²) in [4.78, 5) is 10.1. The SMILES string of the molecule is C/C=C(C=O)\C=N/NC. The fourth-order valence-corrected chi connectivity index (χ4v) is 0.312. The number of nitrogens with zero attached hydrogens (tertiary/aromatic N) is 1. The average molecular weight is 126 g/mol. The van der Waals surface area contributed by atoms with Crippen LogP contribution in [0.15, 0.2) is 16.8 Å². The largest absolute Gasteiger partial charge is 0.313 e. The number of allylic oxidation sites excluding steroid dienone is 2. The number of hydrogen-bond donors (Lipinski definition) is 1. The minimum Gasteiger partial charge on any atom is -0.313 e. The van der Waals surface area contributed by atoms with Gasteiger partial charge in [-0.15, -0.1) is 0 Å². The predicted molar refractivity (Wildman–Crippen MR) is 37.4 cm³/mol. The molecule has 0 spiro atoms. The summed E-state index contributed by atoms with van der Waals surface area (Å²) in [6.07, 6.45) is 3.90. The van der Waals surface area contributed by atoms with Gasteiger partial charge in [-0.05, 0) is 6.92 Å². The van der Waals surface area contributed by atoms with Crippen molar-refractivity contribution in [2.24, 2.45) is 5.10 Å². The van der Waals surface area contributed by atoms with Gasteiger partial charge >= 0.3 is 0 Å². The van der Waals surface area contributed by atoms with Crippen LogP contribution < -0.4 is 5.43 Å². The first kappa shape index (κ1) is 7.88. The van der Waals surface area contributed by atoms with Crippen LogP contribution in [0.2, 0.25) is 0 Å². The van der Waals surface area contributed by atoms with Crippen molar-refractivity contribution in [2.75, 3.05) is 7.05 Å². The lowest BCUT2D eigenvalue weighted by atomic mass is 10.3. The molecule has 0 amide bonds. The molecule has 0 heterocycles. The first-order valence-electron chi connectivity index (χ1n) is 2.66. The number of carbonyl (C=O) groups excluding carboxylic acids is 1. The first-order valence-corrected chi connectivity index (χ1v) is 2.66. The molecule has 0 fully saturated rings. The van der Waals surface area contributed by atoms with Gasteiger partial charge in [-0.2, -0.15) is 5.10 Å². The smallest absolute Gasteiger partial charge is 0.151 e. The highest BCUT2D eigenvalue weighted by Crippen LogP contribution is 1.80. The maximum absolute atomic E-state index is 10.1. The van der Waals surface area contributed by atoms with Gasteiger partial charge in [0.25, 0.3) is 0 Å². The summed E-state index contributed by atoms with van der Waals surface area (Å²) < 4.78 is 0. The molecule has 0 aliphatic rings. The normalized spacial score (nSPS) is 12.0. The quantitative estimate of drug-likeness (QED) is 0.256. The van der Waals surface area contributed by atoms with Crippen LogP contribution in [-0.2, 0) is 4.79 Å². The van der Waals surface area contributed by atoms with Crippen molar-refractivity contribution in [1.82, 2.24) is 5.43 Å². The molecule has 0 atom stereocenters. The summed E-state index contributed by atoms with van der Waals surface area (Å²) in [6, 6.07) is 0. The number of hydrogen-bond acceptors (Lipinski definition) is 3. The van der Waals surface area contributed by atoms with E-state index in [0.29, 0.717) is 5.57 Å². The third-order valence-electron chi connectivity index (χ3n) is 0.812. The number of hydrazone groups is 1. The van der Waals surface area contributed by atoms with Gasteiger partial charge in [0.15, 0.2) is 6.29 Å². The monoisotopic (exact) mass is 126 g/mol. The Balaban J connectivity index is 3.84. The molecule has 0 saturated heterocycles. The fourth-order valence-electron chi connectivity index (χ4n) is 0.312. The number of carbonyl (C=O) groups is 1. The van der Waals surface area contributed by atoms with Crippen LogP contribution in [0.1, 0.15) is 6.92 Å².